The van der Waals surface area contributed by atoms with Crippen molar-refractivity contribution < 1.29 is 50.4 Å². The van der Waals surface area contributed by atoms with Gasteiger partial charge in [-0.3, -0.25) is 0 Å². The summed E-state index contributed by atoms with van der Waals surface area (Å²) in [6.45, 7) is 0.398. The molecule has 0 saturated carbocycles. The second-order valence-electron chi connectivity index (χ2n) is 6.25. The molecule has 178 valence electrons. The number of hydrogen-bond donors (Lipinski definition) is 10. The summed E-state index contributed by atoms with van der Waals surface area (Å²) in [5.41, 5.74) is 11.9. The zero-order valence-electron chi connectivity index (χ0n) is 16.9. The fourth-order valence-electron chi connectivity index (χ4n) is 1.94. The number of carboxylic acids is 2. The lowest BCUT2D eigenvalue weighted by molar-refractivity contribution is -0.165. The standard InChI is InChI=1S/2C8H11NO2.C4H6O6/c2*9-5-8(11)6-1-3-7(10)4-2-6;5-1(3(7)8)2(6)4(9)10/h2*1-4,8,10-11H,5,9H2;1-2,5-6H,(H,7,8)(H,9,10)/t;;1-,2-/m..1/s1. The van der Waals surface area contributed by atoms with Crippen molar-refractivity contribution in [2.24, 2.45) is 11.5 Å². The lowest BCUT2D eigenvalue weighted by Crippen LogP contribution is -2.39. The third-order valence-electron chi connectivity index (χ3n) is 3.81. The maximum absolute atomic E-state index is 9.77. The highest BCUT2D eigenvalue weighted by atomic mass is 16.4. The van der Waals surface area contributed by atoms with Gasteiger partial charge in [-0.25, -0.2) is 9.59 Å². The number of benzene rings is 2. The smallest absolute Gasteiger partial charge is 0.335 e. The predicted molar refractivity (Wildman–Crippen MR) is 112 cm³/mol. The molecule has 2 aromatic rings. The second-order valence-corrected chi connectivity index (χ2v) is 6.25. The first-order valence-electron chi connectivity index (χ1n) is 9.10. The molecular formula is C20H28N2O10. The normalized spacial score (nSPS) is 13.8. The largest absolute Gasteiger partial charge is 0.508 e. The number of aromatic hydroxyl groups is 2. The minimum atomic E-state index is -2.27. The molecule has 0 bridgehead atoms. The first-order chi connectivity index (χ1) is 14.9. The average Bonchev–Trinajstić information content (AvgIpc) is 2.78. The van der Waals surface area contributed by atoms with Crippen LogP contribution in [0.5, 0.6) is 11.5 Å². The van der Waals surface area contributed by atoms with Crippen molar-refractivity contribution in [1.29, 1.82) is 0 Å². The summed E-state index contributed by atoms with van der Waals surface area (Å²) < 4.78 is 0. The summed E-state index contributed by atoms with van der Waals surface area (Å²) in [5, 5.41) is 68.7. The molecule has 4 atom stereocenters. The quantitative estimate of drug-likeness (QED) is 0.232. The van der Waals surface area contributed by atoms with Crippen LogP contribution in [0.3, 0.4) is 0 Å². The van der Waals surface area contributed by atoms with Gasteiger partial charge in [0.2, 0.25) is 0 Å². The third kappa shape index (κ3) is 10.7. The highest BCUT2D eigenvalue weighted by Gasteiger charge is 2.29. The zero-order chi connectivity index (χ0) is 24.8. The van der Waals surface area contributed by atoms with E-state index in [2.05, 4.69) is 0 Å². The topological polar surface area (TPSA) is 248 Å². The van der Waals surface area contributed by atoms with Crippen LogP contribution >= 0.6 is 0 Å². The average molecular weight is 456 g/mol. The Hall–Kier alpha value is -3.26. The maximum atomic E-state index is 9.77. The van der Waals surface area contributed by atoms with Crippen molar-refractivity contribution in [3.05, 3.63) is 59.7 Å². The maximum Gasteiger partial charge on any atom is 0.335 e. The minimum absolute atomic E-state index is 0.193. The van der Waals surface area contributed by atoms with Gasteiger partial charge in [-0.05, 0) is 35.4 Å². The summed E-state index contributed by atoms with van der Waals surface area (Å²) in [7, 11) is 0. The number of hydrogen-bond acceptors (Lipinski definition) is 10. The molecule has 0 saturated heterocycles. The Bertz CT molecular complexity index is 745. The molecular weight excluding hydrogens is 428 g/mol. The number of carbonyl (C=O) groups is 2. The van der Waals surface area contributed by atoms with Crippen molar-refractivity contribution in [2.45, 2.75) is 24.4 Å². The Morgan fingerprint density at radius 1 is 0.625 bits per heavy atom. The van der Waals surface area contributed by atoms with Crippen molar-refractivity contribution in [1.82, 2.24) is 0 Å². The Kier molecular flexibility index (Phi) is 13.2. The monoisotopic (exact) mass is 456 g/mol. The molecule has 0 spiro atoms. The van der Waals surface area contributed by atoms with E-state index in [9.17, 15) is 19.8 Å². The molecule has 32 heavy (non-hydrogen) atoms. The molecule has 2 unspecified atom stereocenters. The molecule has 2 aromatic carbocycles. The summed E-state index contributed by atoms with van der Waals surface area (Å²) in [6, 6.07) is 12.7. The van der Waals surface area contributed by atoms with Crippen LogP contribution < -0.4 is 11.5 Å². The molecule has 0 aromatic heterocycles. The van der Waals surface area contributed by atoms with Crippen molar-refractivity contribution in [3.63, 3.8) is 0 Å². The molecule has 0 aliphatic carbocycles. The summed E-state index contributed by atoms with van der Waals surface area (Å²) in [5.74, 6) is -3.15. The molecule has 0 heterocycles. The fourth-order valence-corrected chi connectivity index (χ4v) is 1.94. The van der Waals surface area contributed by atoms with E-state index in [4.69, 9.17) is 42.1 Å². The van der Waals surface area contributed by atoms with Crippen LogP contribution in [-0.4, -0.2) is 78.1 Å². The third-order valence-corrected chi connectivity index (χ3v) is 3.81. The number of carboxylic acid groups (broad SMARTS) is 2. The number of nitrogens with two attached hydrogens (primary N) is 2. The summed E-state index contributed by atoms with van der Waals surface area (Å²) >= 11 is 0. The lowest BCUT2D eigenvalue weighted by Gasteiger charge is -2.07. The molecule has 12 nitrogen and oxygen atoms in total. The lowest BCUT2D eigenvalue weighted by atomic mass is 10.1. The molecule has 12 heteroatoms. The molecule has 0 aliphatic heterocycles. The van der Waals surface area contributed by atoms with Crippen molar-refractivity contribution in [3.8, 4) is 11.5 Å². The Morgan fingerprint density at radius 3 is 1.06 bits per heavy atom. The Morgan fingerprint density at radius 2 is 0.875 bits per heavy atom. The Balaban J connectivity index is 0.000000452. The number of phenols is 2. The first kappa shape index (κ1) is 28.7. The number of aliphatic hydroxyl groups is 4. The van der Waals surface area contributed by atoms with Crippen LogP contribution in [0.25, 0.3) is 0 Å². The second kappa shape index (κ2) is 14.7. The molecule has 0 aliphatic rings. The molecule has 0 radical (unpaired) electrons. The molecule has 12 N–H and O–H groups in total. The van der Waals surface area contributed by atoms with E-state index < -0.39 is 36.4 Å². The fraction of sp³-hybridized carbons (Fsp3) is 0.300. The number of aliphatic carboxylic acids is 2. The van der Waals surface area contributed by atoms with Crippen molar-refractivity contribution in [2.75, 3.05) is 13.1 Å². The van der Waals surface area contributed by atoms with Crippen LogP contribution in [0.1, 0.15) is 23.3 Å². The summed E-state index contributed by atoms with van der Waals surface area (Å²) in [6.07, 6.45) is -5.79. The SMILES string of the molecule is NCC(O)c1ccc(O)cc1.NCC(O)c1ccc(O)cc1.O=C(O)[C@H](O)[C@@H](O)C(=O)O. The van der Waals surface area contributed by atoms with E-state index in [1.807, 2.05) is 0 Å². The van der Waals surface area contributed by atoms with Gasteiger partial charge in [0.05, 0.1) is 12.2 Å². The number of phenolic OH excluding ortho intramolecular Hbond substituents is 2. The Labute approximate surface area is 183 Å². The summed E-state index contributed by atoms with van der Waals surface area (Å²) in [4.78, 5) is 19.5. The van der Waals surface area contributed by atoms with Gasteiger partial charge in [0, 0.05) is 13.1 Å². The van der Waals surface area contributed by atoms with Crippen LogP contribution in [0.4, 0.5) is 0 Å². The van der Waals surface area contributed by atoms with Crippen LogP contribution in [0.2, 0.25) is 0 Å². The predicted octanol–water partition coefficient (Wildman–Crippen LogP) is -1.35. The van der Waals surface area contributed by atoms with Gasteiger partial charge in [0.1, 0.15) is 11.5 Å². The van der Waals surface area contributed by atoms with Crippen molar-refractivity contribution >= 4 is 11.9 Å². The molecule has 0 fully saturated rings. The van der Waals surface area contributed by atoms with Crippen LogP contribution in [0.15, 0.2) is 48.5 Å². The van der Waals surface area contributed by atoms with Gasteiger partial charge in [-0.15, -0.1) is 0 Å². The highest BCUT2D eigenvalue weighted by Crippen LogP contribution is 2.16. The van der Waals surface area contributed by atoms with Gasteiger partial charge in [0.25, 0.3) is 0 Å². The van der Waals surface area contributed by atoms with Gasteiger partial charge < -0.3 is 52.3 Å². The van der Waals surface area contributed by atoms with Gasteiger partial charge in [-0.1, -0.05) is 24.3 Å². The van der Waals surface area contributed by atoms with E-state index in [0.29, 0.717) is 0 Å². The van der Waals surface area contributed by atoms with E-state index in [0.717, 1.165) is 11.1 Å². The first-order valence-corrected chi connectivity index (χ1v) is 9.10. The molecule has 2 rings (SSSR count). The van der Waals surface area contributed by atoms with Gasteiger partial charge in [0.15, 0.2) is 12.2 Å². The van der Waals surface area contributed by atoms with Crippen LogP contribution in [0, 0.1) is 0 Å². The van der Waals surface area contributed by atoms with Crippen LogP contribution in [-0.2, 0) is 9.59 Å². The highest BCUT2D eigenvalue weighted by molar-refractivity contribution is 5.83. The zero-order valence-corrected chi connectivity index (χ0v) is 16.9. The number of aliphatic hydroxyl groups excluding tert-OH is 4. The van der Waals surface area contributed by atoms with E-state index in [1.165, 1.54) is 24.3 Å². The van der Waals surface area contributed by atoms with E-state index in [1.54, 1.807) is 24.3 Å². The minimum Gasteiger partial charge on any atom is -0.508 e. The van der Waals surface area contributed by atoms with E-state index >= 15 is 0 Å². The number of rotatable bonds is 7. The van der Waals surface area contributed by atoms with E-state index in [-0.39, 0.29) is 24.6 Å². The van der Waals surface area contributed by atoms with Gasteiger partial charge >= 0.3 is 11.9 Å². The van der Waals surface area contributed by atoms with Gasteiger partial charge in [-0.2, -0.15) is 0 Å². The molecule has 0 amide bonds.